The van der Waals surface area contributed by atoms with Crippen LogP contribution in [-0.2, 0) is 19.4 Å². The number of imide groups is 1. The predicted molar refractivity (Wildman–Crippen MR) is 125 cm³/mol. The molecule has 0 spiro atoms. The van der Waals surface area contributed by atoms with Crippen LogP contribution < -0.4 is 5.56 Å². The van der Waals surface area contributed by atoms with Gasteiger partial charge in [-0.15, -0.1) is 11.8 Å². The second-order valence-corrected chi connectivity index (χ2v) is 10.2. The lowest BCUT2D eigenvalue weighted by molar-refractivity contribution is 0.0684. The molecule has 32 heavy (non-hydrogen) atoms. The van der Waals surface area contributed by atoms with Crippen molar-refractivity contribution in [1.29, 1.82) is 0 Å². The topological polar surface area (TPSA) is 72.3 Å². The number of aromatic nitrogens is 2. The van der Waals surface area contributed by atoms with Crippen molar-refractivity contribution in [3.05, 3.63) is 87.3 Å². The molecule has 3 aromatic rings. The zero-order chi connectivity index (χ0) is 22.2. The lowest BCUT2D eigenvalue weighted by Crippen LogP contribution is -2.31. The number of thioether (sulfide) groups is 2. The molecule has 2 aliphatic rings. The summed E-state index contributed by atoms with van der Waals surface area (Å²) in [7, 11) is 0. The molecule has 5 rings (SSSR count). The summed E-state index contributed by atoms with van der Waals surface area (Å²) in [5, 5.41) is 0.861. The highest BCUT2D eigenvalue weighted by atomic mass is 32.2. The van der Waals surface area contributed by atoms with E-state index in [9.17, 15) is 14.4 Å². The Hall–Kier alpha value is -2.84. The fourth-order valence-corrected chi connectivity index (χ4v) is 6.11. The first-order chi connectivity index (χ1) is 15.5. The molecular weight excluding hydrogens is 442 g/mol. The van der Waals surface area contributed by atoms with Crippen molar-refractivity contribution in [2.75, 3.05) is 5.88 Å². The van der Waals surface area contributed by atoms with Crippen LogP contribution >= 0.6 is 23.5 Å². The first-order valence-electron chi connectivity index (χ1n) is 10.4. The zero-order valence-electron chi connectivity index (χ0n) is 17.5. The van der Waals surface area contributed by atoms with Gasteiger partial charge in [0.05, 0.1) is 27.6 Å². The molecule has 0 aliphatic carbocycles. The second kappa shape index (κ2) is 8.60. The molecule has 0 fully saturated rings. The number of fused-ring (bicyclic) bond motifs is 2. The summed E-state index contributed by atoms with van der Waals surface area (Å²) in [5.41, 5.74) is 2.76. The Morgan fingerprint density at radius 3 is 2.34 bits per heavy atom. The van der Waals surface area contributed by atoms with Gasteiger partial charge in [-0.25, -0.2) is 4.98 Å². The van der Waals surface area contributed by atoms with E-state index in [0.717, 1.165) is 22.6 Å². The van der Waals surface area contributed by atoms with Gasteiger partial charge in [0, 0.05) is 18.2 Å². The van der Waals surface area contributed by atoms with E-state index in [-0.39, 0.29) is 23.3 Å². The zero-order valence-corrected chi connectivity index (χ0v) is 19.1. The van der Waals surface area contributed by atoms with Crippen LogP contribution in [0, 0.1) is 0 Å². The highest BCUT2D eigenvalue weighted by Crippen LogP contribution is 2.34. The third-order valence-corrected chi connectivity index (χ3v) is 7.80. The molecule has 0 bridgehead atoms. The molecule has 1 unspecified atom stereocenters. The quantitative estimate of drug-likeness (QED) is 0.314. The van der Waals surface area contributed by atoms with E-state index in [1.807, 2.05) is 30.3 Å². The summed E-state index contributed by atoms with van der Waals surface area (Å²) >= 11 is 2.84. The average Bonchev–Trinajstić information content (AvgIpc) is 3.30. The first-order valence-corrected chi connectivity index (χ1v) is 12.3. The smallest absolute Gasteiger partial charge is 0.268 e. The maximum atomic E-state index is 13.3. The number of nitrogens with zero attached hydrogens (tertiary/aromatic N) is 3. The number of aryl methyl sites for hydroxylation is 1. The van der Waals surface area contributed by atoms with Crippen LogP contribution in [-0.4, -0.2) is 37.4 Å². The molecule has 1 aromatic heterocycles. The Labute approximate surface area is 194 Å². The number of carbonyl (C=O) groups is 2. The van der Waals surface area contributed by atoms with E-state index in [1.54, 1.807) is 40.6 Å². The molecule has 6 nitrogen and oxygen atoms in total. The van der Waals surface area contributed by atoms with Crippen molar-refractivity contribution in [3.8, 4) is 0 Å². The predicted octanol–water partition coefficient (Wildman–Crippen LogP) is 3.87. The highest BCUT2D eigenvalue weighted by Gasteiger charge is 2.35. The number of rotatable bonds is 6. The van der Waals surface area contributed by atoms with Gasteiger partial charge in [-0.2, -0.15) is 0 Å². The van der Waals surface area contributed by atoms with Crippen molar-refractivity contribution in [2.24, 2.45) is 0 Å². The normalized spacial score (nSPS) is 17.0. The Morgan fingerprint density at radius 1 is 1.00 bits per heavy atom. The Bertz CT molecular complexity index is 1240. The van der Waals surface area contributed by atoms with Crippen molar-refractivity contribution >= 4 is 35.3 Å². The van der Waals surface area contributed by atoms with E-state index >= 15 is 0 Å². The fourth-order valence-electron chi connectivity index (χ4n) is 4.00. The van der Waals surface area contributed by atoms with Crippen LogP contribution in [0.2, 0.25) is 0 Å². The molecule has 0 N–H and O–H groups in total. The third-order valence-electron chi connectivity index (χ3n) is 5.63. The van der Waals surface area contributed by atoms with Crippen LogP contribution in [0.25, 0.3) is 0 Å². The molecule has 2 aromatic carbocycles. The van der Waals surface area contributed by atoms with Gasteiger partial charge in [-0.3, -0.25) is 23.9 Å². The van der Waals surface area contributed by atoms with Gasteiger partial charge in [-0.1, -0.05) is 61.2 Å². The molecule has 3 heterocycles. The monoisotopic (exact) mass is 463 g/mol. The van der Waals surface area contributed by atoms with Crippen molar-refractivity contribution in [2.45, 2.75) is 41.6 Å². The summed E-state index contributed by atoms with van der Waals surface area (Å²) < 4.78 is 1.69. The summed E-state index contributed by atoms with van der Waals surface area (Å²) in [6.45, 7) is 2.58. The maximum absolute atomic E-state index is 13.3. The SMILES string of the molecule is CC1Cc2nc(SCN3C(=O)c4ccccc4C3=O)n(CCc3ccccc3)c(=O)c2S1. The third kappa shape index (κ3) is 3.78. The van der Waals surface area contributed by atoms with E-state index in [2.05, 4.69) is 6.92 Å². The molecule has 1 atom stereocenters. The Kier molecular flexibility index (Phi) is 5.65. The summed E-state index contributed by atoms with van der Waals surface area (Å²) in [6, 6.07) is 16.8. The van der Waals surface area contributed by atoms with Crippen molar-refractivity contribution in [1.82, 2.24) is 14.5 Å². The van der Waals surface area contributed by atoms with Gasteiger partial charge >= 0.3 is 0 Å². The van der Waals surface area contributed by atoms with Crippen LogP contribution in [0.1, 0.15) is 38.9 Å². The van der Waals surface area contributed by atoms with Crippen LogP contribution in [0.4, 0.5) is 0 Å². The highest BCUT2D eigenvalue weighted by molar-refractivity contribution is 8.00. The van der Waals surface area contributed by atoms with Gasteiger partial charge in [0.1, 0.15) is 0 Å². The van der Waals surface area contributed by atoms with Crippen LogP contribution in [0.5, 0.6) is 0 Å². The van der Waals surface area contributed by atoms with Crippen LogP contribution in [0.15, 0.2) is 69.4 Å². The minimum atomic E-state index is -0.304. The minimum Gasteiger partial charge on any atom is -0.286 e. The van der Waals surface area contributed by atoms with Crippen molar-refractivity contribution < 1.29 is 9.59 Å². The summed E-state index contributed by atoms with van der Waals surface area (Å²) in [4.78, 5) is 45.5. The molecular formula is C24H21N3O3S2. The molecule has 2 amide bonds. The van der Waals surface area contributed by atoms with E-state index < -0.39 is 0 Å². The van der Waals surface area contributed by atoms with Gasteiger partial charge in [0.2, 0.25) is 0 Å². The van der Waals surface area contributed by atoms with E-state index in [4.69, 9.17) is 4.98 Å². The van der Waals surface area contributed by atoms with E-state index in [1.165, 1.54) is 16.7 Å². The van der Waals surface area contributed by atoms with Crippen molar-refractivity contribution in [3.63, 3.8) is 0 Å². The number of amides is 2. The Morgan fingerprint density at radius 2 is 1.66 bits per heavy atom. The van der Waals surface area contributed by atoms with Gasteiger partial charge in [0.15, 0.2) is 5.16 Å². The molecule has 8 heteroatoms. The number of hydrogen-bond donors (Lipinski definition) is 0. The summed E-state index contributed by atoms with van der Waals surface area (Å²) in [5.74, 6) is -0.491. The summed E-state index contributed by atoms with van der Waals surface area (Å²) in [6.07, 6.45) is 1.44. The number of carbonyl (C=O) groups excluding carboxylic acids is 2. The lowest BCUT2D eigenvalue weighted by atomic mass is 10.1. The second-order valence-electron chi connectivity index (χ2n) is 7.85. The van der Waals surface area contributed by atoms with Gasteiger partial charge in [0.25, 0.3) is 17.4 Å². The van der Waals surface area contributed by atoms with E-state index in [0.29, 0.717) is 34.5 Å². The first kappa shape index (κ1) is 21.0. The average molecular weight is 464 g/mol. The van der Waals surface area contributed by atoms with Gasteiger partial charge in [-0.05, 0) is 24.1 Å². The number of hydrogen-bond acceptors (Lipinski definition) is 6. The number of benzene rings is 2. The molecule has 0 saturated heterocycles. The fraction of sp³-hybridized carbons (Fsp3) is 0.250. The molecule has 162 valence electrons. The molecule has 0 radical (unpaired) electrons. The Balaban J connectivity index is 1.42. The molecule has 2 aliphatic heterocycles. The van der Waals surface area contributed by atoms with Gasteiger partial charge < -0.3 is 0 Å². The standard InChI is InChI=1S/C24H21N3O3S2/c1-15-13-19-20(32-15)23(30)26(12-11-16-7-3-2-4-8-16)24(25-19)31-14-27-21(28)17-9-5-6-10-18(17)22(27)29/h2-10,15H,11-14H2,1H3. The maximum Gasteiger partial charge on any atom is 0.268 e. The molecule has 0 saturated carbocycles. The van der Waals surface area contributed by atoms with Crippen LogP contribution in [0.3, 0.4) is 0 Å². The largest absolute Gasteiger partial charge is 0.286 e. The minimum absolute atomic E-state index is 0.0369. The lowest BCUT2D eigenvalue weighted by Gasteiger charge is -2.17.